The average Bonchev–Trinajstić information content (AvgIpc) is 3.19. The van der Waals surface area contributed by atoms with Crippen LogP contribution in [0.5, 0.6) is 0 Å². The number of halogens is 3. The molecular formula is C23H18F3N3O2S. The van der Waals surface area contributed by atoms with Gasteiger partial charge in [0.15, 0.2) is 0 Å². The minimum absolute atomic E-state index is 0.366. The monoisotopic (exact) mass is 457 g/mol. The van der Waals surface area contributed by atoms with E-state index < -0.39 is 29.2 Å². The van der Waals surface area contributed by atoms with E-state index >= 15 is 0 Å². The number of amides is 1. The number of para-hydroxylation sites is 1. The first-order valence-corrected chi connectivity index (χ1v) is 10.6. The number of aryl methyl sites for hydroxylation is 1. The second kappa shape index (κ2) is 8.23. The molecule has 164 valence electrons. The molecule has 0 spiro atoms. The van der Waals surface area contributed by atoms with Crippen LogP contribution in [0.1, 0.15) is 24.1 Å². The molecule has 2 aromatic carbocycles. The molecule has 2 aromatic heterocycles. The van der Waals surface area contributed by atoms with Gasteiger partial charge in [-0.2, -0.15) is 13.2 Å². The Kier molecular flexibility index (Phi) is 5.60. The smallest absolute Gasteiger partial charge is 0.324 e. The average molecular weight is 457 g/mol. The number of aromatic nitrogens is 2. The van der Waals surface area contributed by atoms with Crippen LogP contribution in [0.4, 0.5) is 18.9 Å². The molecule has 1 N–H and O–H groups in total. The van der Waals surface area contributed by atoms with E-state index in [-0.39, 0.29) is 5.69 Å². The summed E-state index contributed by atoms with van der Waals surface area (Å²) in [5, 5.41) is 4.50. The van der Waals surface area contributed by atoms with E-state index in [9.17, 15) is 22.8 Å². The molecule has 0 saturated heterocycles. The number of nitrogens with one attached hydrogen (secondary N) is 1. The van der Waals surface area contributed by atoms with Crippen LogP contribution in [-0.2, 0) is 11.0 Å². The third-order valence-electron chi connectivity index (χ3n) is 5.17. The fourth-order valence-electron chi connectivity index (χ4n) is 3.37. The summed E-state index contributed by atoms with van der Waals surface area (Å²) in [6.45, 7) is 3.40. The number of fused-ring (bicyclic) bond motifs is 1. The Balaban J connectivity index is 1.70. The normalized spacial score (nSPS) is 12.7. The number of alkyl halides is 3. The van der Waals surface area contributed by atoms with Gasteiger partial charge in [-0.1, -0.05) is 42.0 Å². The molecule has 9 heteroatoms. The summed E-state index contributed by atoms with van der Waals surface area (Å²) in [5.74, 6) is -0.753. The lowest BCUT2D eigenvalue weighted by molar-refractivity contribution is -0.137. The van der Waals surface area contributed by atoms with Crippen molar-refractivity contribution in [2.75, 3.05) is 5.32 Å². The third kappa shape index (κ3) is 4.03. The maximum atomic E-state index is 13.2. The number of carbonyl (C=O) groups is 1. The molecule has 4 rings (SSSR count). The first-order chi connectivity index (χ1) is 15.2. The second-order valence-corrected chi connectivity index (χ2v) is 8.22. The van der Waals surface area contributed by atoms with Crippen molar-refractivity contribution < 1.29 is 18.0 Å². The van der Waals surface area contributed by atoms with Crippen molar-refractivity contribution in [2.24, 2.45) is 0 Å². The number of thiophene rings is 1. The summed E-state index contributed by atoms with van der Waals surface area (Å²) >= 11 is 1.31. The highest BCUT2D eigenvalue weighted by Crippen LogP contribution is 2.35. The van der Waals surface area contributed by atoms with Crippen molar-refractivity contribution in [3.05, 3.63) is 81.7 Å². The Morgan fingerprint density at radius 2 is 1.81 bits per heavy atom. The topological polar surface area (TPSA) is 64.0 Å². The predicted molar refractivity (Wildman–Crippen MR) is 119 cm³/mol. The van der Waals surface area contributed by atoms with E-state index in [0.29, 0.717) is 15.8 Å². The summed E-state index contributed by atoms with van der Waals surface area (Å²) in [6, 6.07) is 11.3. The second-order valence-electron chi connectivity index (χ2n) is 7.36. The number of nitrogens with zero attached hydrogens (tertiary/aromatic N) is 2. The van der Waals surface area contributed by atoms with E-state index in [1.165, 1.54) is 42.8 Å². The van der Waals surface area contributed by atoms with Crippen molar-refractivity contribution in [3.8, 4) is 11.1 Å². The molecule has 2 heterocycles. The van der Waals surface area contributed by atoms with E-state index in [0.717, 1.165) is 21.8 Å². The van der Waals surface area contributed by atoms with Gasteiger partial charge in [-0.15, -0.1) is 11.3 Å². The molecule has 1 unspecified atom stereocenters. The van der Waals surface area contributed by atoms with Gasteiger partial charge in [-0.3, -0.25) is 14.2 Å². The lowest BCUT2D eigenvalue weighted by atomic mass is 10.0. The van der Waals surface area contributed by atoms with Crippen LogP contribution in [0.3, 0.4) is 0 Å². The molecule has 0 bridgehead atoms. The summed E-state index contributed by atoms with van der Waals surface area (Å²) in [7, 11) is 0. The molecule has 0 aliphatic heterocycles. The molecule has 1 amide bonds. The standard InChI is InChI=1S/C23H18F3N3O2S/c1-13-7-9-15(10-8-13)16-11-32-21-19(16)22(31)29(12-27-21)14(2)20(30)28-18-6-4-3-5-17(18)23(24,25)26/h3-12,14H,1-2H3,(H,28,30). The van der Waals surface area contributed by atoms with E-state index in [4.69, 9.17) is 0 Å². The van der Waals surface area contributed by atoms with Gasteiger partial charge in [-0.25, -0.2) is 4.98 Å². The van der Waals surface area contributed by atoms with Gasteiger partial charge in [0.2, 0.25) is 5.91 Å². The minimum Gasteiger partial charge on any atom is -0.324 e. The first-order valence-electron chi connectivity index (χ1n) is 9.69. The van der Waals surface area contributed by atoms with Crippen molar-refractivity contribution in [1.82, 2.24) is 9.55 Å². The Morgan fingerprint density at radius 3 is 2.50 bits per heavy atom. The zero-order valence-electron chi connectivity index (χ0n) is 17.1. The fourth-order valence-corrected chi connectivity index (χ4v) is 4.28. The molecule has 32 heavy (non-hydrogen) atoms. The van der Waals surface area contributed by atoms with Crippen molar-refractivity contribution in [2.45, 2.75) is 26.1 Å². The van der Waals surface area contributed by atoms with Crippen LogP contribution >= 0.6 is 11.3 Å². The number of anilines is 1. The van der Waals surface area contributed by atoms with Gasteiger partial charge in [0, 0.05) is 10.9 Å². The lowest BCUT2D eigenvalue weighted by Crippen LogP contribution is -2.32. The van der Waals surface area contributed by atoms with Crippen LogP contribution in [0.25, 0.3) is 21.3 Å². The predicted octanol–water partition coefficient (Wildman–Crippen LogP) is 5.65. The Bertz CT molecular complexity index is 1360. The number of rotatable bonds is 4. The van der Waals surface area contributed by atoms with E-state index in [1.807, 2.05) is 36.6 Å². The van der Waals surface area contributed by atoms with Crippen molar-refractivity contribution in [1.29, 1.82) is 0 Å². The quantitative estimate of drug-likeness (QED) is 0.431. The highest BCUT2D eigenvalue weighted by Gasteiger charge is 2.34. The highest BCUT2D eigenvalue weighted by atomic mass is 32.1. The van der Waals surface area contributed by atoms with Crippen LogP contribution in [-0.4, -0.2) is 15.5 Å². The number of carbonyl (C=O) groups excluding carboxylic acids is 1. The Hall–Kier alpha value is -3.46. The molecule has 0 fully saturated rings. The first kappa shape index (κ1) is 21.8. The Morgan fingerprint density at radius 1 is 1.12 bits per heavy atom. The molecule has 1 atom stereocenters. The molecule has 0 saturated carbocycles. The van der Waals surface area contributed by atoms with Gasteiger partial charge in [0.1, 0.15) is 10.9 Å². The van der Waals surface area contributed by atoms with Crippen LogP contribution in [0.15, 0.2) is 65.0 Å². The molecule has 0 aliphatic carbocycles. The van der Waals surface area contributed by atoms with Gasteiger partial charge in [-0.05, 0) is 31.5 Å². The zero-order valence-corrected chi connectivity index (χ0v) is 17.9. The molecular weight excluding hydrogens is 439 g/mol. The van der Waals surface area contributed by atoms with Gasteiger partial charge in [0.25, 0.3) is 5.56 Å². The minimum atomic E-state index is -4.62. The summed E-state index contributed by atoms with van der Waals surface area (Å²) in [5.41, 5.74) is 0.865. The third-order valence-corrected chi connectivity index (χ3v) is 6.06. The van der Waals surface area contributed by atoms with Crippen LogP contribution < -0.4 is 10.9 Å². The van der Waals surface area contributed by atoms with Crippen molar-refractivity contribution >= 4 is 33.1 Å². The summed E-state index contributed by atoms with van der Waals surface area (Å²) in [6.07, 6.45) is -3.37. The Labute approximate surface area is 185 Å². The maximum Gasteiger partial charge on any atom is 0.418 e. The number of hydrogen-bond acceptors (Lipinski definition) is 4. The zero-order chi connectivity index (χ0) is 23.0. The number of benzene rings is 2. The number of hydrogen-bond donors (Lipinski definition) is 1. The largest absolute Gasteiger partial charge is 0.418 e. The molecule has 0 radical (unpaired) electrons. The van der Waals surface area contributed by atoms with Crippen LogP contribution in [0, 0.1) is 6.92 Å². The van der Waals surface area contributed by atoms with Crippen molar-refractivity contribution in [3.63, 3.8) is 0 Å². The summed E-state index contributed by atoms with van der Waals surface area (Å²) in [4.78, 5) is 30.8. The summed E-state index contributed by atoms with van der Waals surface area (Å²) < 4.78 is 40.9. The SMILES string of the molecule is Cc1ccc(-c2csc3ncn(C(C)C(=O)Nc4ccccc4C(F)(F)F)c(=O)c23)cc1. The van der Waals surface area contributed by atoms with E-state index in [1.54, 1.807) is 0 Å². The highest BCUT2D eigenvalue weighted by molar-refractivity contribution is 7.17. The van der Waals surface area contributed by atoms with Gasteiger partial charge < -0.3 is 5.32 Å². The van der Waals surface area contributed by atoms with E-state index in [2.05, 4.69) is 10.3 Å². The fraction of sp³-hybridized carbons (Fsp3) is 0.174. The lowest BCUT2D eigenvalue weighted by Gasteiger charge is -2.18. The molecule has 4 aromatic rings. The van der Waals surface area contributed by atoms with Gasteiger partial charge in [0.05, 0.1) is 23.0 Å². The van der Waals surface area contributed by atoms with Gasteiger partial charge >= 0.3 is 6.18 Å². The van der Waals surface area contributed by atoms with Crippen LogP contribution in [0.2, 0.25) is 0 Å². The molecule has 0 aliphatic rings. The maximum absolute atomic E-state index is 13.2. The molecule has 5 nitrogen and oxygen atoms in total.